The number of urea groups is 1. The van der Waals surface area contributed by atoms with E-state index in [1.54, 1.807) is 29.2 Å². The molecule has 3 heterocycles. The molecule has 4 aromatic rings. The van der Waals surface area contributed by atoms with Gasteiger partial charge in [-0.05, 0) is 90.0 Å². The van der Waals surface area contributed by atoms with Gasteiger partial charge < -0.3 is 15.2 Å². The van der Waals surface area contributed by atoms with Crippen molar-refractivity contribution < 1.29 is 14.4 Å². The third kappa shape index (κ3) is 3.27. The van der Waals surface area contributed by atoms with Crippen LogP contribution in [0.15, 0.2) is 72.8 Å². The number of carbonyl (C=O) groups is 3. The van der Waals surface area contributed by atoms with Crippen molar-refractivity contribution in [3.8, 4) is 0 Å². The summed E-state index contributed by atoms with van der Waals surface area (Å²) in [7, 11) is 0. The topological polar surface area (TPSA) is 85.5 Å². The van der Waals surface area contributed by atoms with E-state index in [1.807, 2.05) is 55.5 Å². The number of halogens is 1. The summed E-state index contributed by atoms with van der Waals surface area (Å²) in [6.07, 6.45) is 0.680. The summed E-state index contributed by atoms with van der Waals surface area (Å²) in [5.74, 6) is -0.559. The zero-order valence-corrected chi connectivity index (χ0v) is 21.0. The van der Waals surface area contributed by atoms with Crippen LogP contribution in [-0.4, -0.2) is 34.3 Å². The van der Waals surface area contributed by atoms with Crippen LogP contribution in [0.5, 0.6) is 0 Å². The van der Waals surface area contributed by atoms with Crippen molar-refractivity contribution in [2.24, 2.45) is 0 Å². The summed E-state index contributed by atoms with van der Waals surface area (Å²) in [6.45, 7) is 2.27. The van der Waals surface area contributed by atoms with Crippen molar-refractivity contribution in [2.45, 2.75) is 18.9 Å². The van der Waals surface area contributed by atoms with E-state index in [2.05, 4.69) is 32.9 Å². The lowest BCUT2D eigenvalue weighted by Gasteiger charge is -2.35. The van der Waals surface area contributed by atoms with Gasteiger partial charge in [0.25, 0.3) is 11.8 Å². The summed E-state index contributed by atoms with van der Waals surface area (Å²) < 4.78 is 1.02. The minimum absolute atomic E-state index is 0.260. The Morgan fingerprint density at radius 3 is 2.57 bits per heavy atom. The molecule has 0 radical (unpaired) electrons. The summed E-state index contributed by atoms with van der Waals surface area (Å²) in [6, 6.07) is 21.7. The number of hydrogen-bond acceptors (Lipinski definition) is 3. The number of rotatable bonds is 3. The number of imide groups is 1. The van der Waals surface area contributed by atoms with E-state index in [-0.39, 0.29) is 17.8 Å². The van der Waals surface area contributed by atoms with Crippen LogP contribution in [0.1, 0.15) is 28.5 Å². The van der Waals surface area contributed by atoms with Crippen molar-refractivity contribution in [1.82, 2.24) is 9.88 Å². The first-order valence-electron chi connectivity index (χ1n) is 11.3. The average Bonchev–Trinajstić information content (AvgIpc) is 3.33. The summed E-state index contributed by atoms with van der Waals surface area (Å²) in [5.41, 5.74) is 3.30. The number of para-hydroxylation sites is 1. The van der Waals surface area contributed by atoms with Gasteiger partial charge in [-0.1, -0.05) is 24.3 Å². The van der Waals surface area contributed by atoms with E-state index >= 15 is 0 Å². The molecule has 2 aliphatic rings. The fraction of sp³-hybridized carbons (Fsp3) is 0.148. The molecule has 1 fully saturated rings. The number of benzene rings is 3. The standard InChI is InChI=1S/C27H21IN4O3/c1-27-23-21(20-7-2-3-8-22(20)30-23)13-14-31(27)26(35)32(25(27)34)19-11-9-16(10-12-19)24(33)29-18-6-4-5-17(28)15-18/h2-12,15,30H,13-14H2,1H3,(H,29,33)/t27-/m0/s1. The highest BCUT2D eigenvalue weighted by molar-refractivity contribution is 14.1. The van der Waals surface area contributed by atoms with Gasteiger partial charge in [0.2, 0.25) is 0 Å². The quantitative estimate of drug-likeness (QED) is 0.258. The van der Waals surface area contributed by atoms with E-state index in [0.717, 1.165) is 25.7 Å². The molecular weight excluding hydrogens is 555 g/mol. The highest BCUT2D eigenvalue weighted by Gasteiger charge is 2.58. The SMILES string of the molecule is C[C@]12C(=O)N(c3ccc(C(=O)Nc4cccc(I)c4)cc3)C(=O)N1CCc1c2[nH]c2ccccc12. The minimum Gasteiger partial charge on any atom is -0.356 e. The molecule has 7 nitrogen and oxygen atoms in total. The Morgan fingerprint density at radius 2 is 1.80 bits per heavy atom. The van der Waals surface area contributed by atoms with Crippen molar-refractivity contribution in [2.75, 3.05) is 16.8 Å². The number of aromatic nitrogens is 1. The van der Waals surface area contributed by atoms with Crippen molar-refractivity contribution >= 4 is 62.7 Å². The second kappa shape index (κ2) is 7.94. The van der Waals surface area contributed by atoms with Crippen LogP contribution in [-0.2, 0) is 16.8 Å². The molecule has 0 unspecified atom stereocenters. The Labute approximate surface area is 215 Å². The molecule has 174 valence electrons. The zero-order valence-electron chi connectivity index (χ0n) is 18.8. The molecule has 2 N–H and O–H groups in total. The maximum absolute atomic E-state index is 13.8. The third-order valence-corrected chi connectivity index (χ3v) is 7.61. The molecule has 0 spiro atoms. The number of nitrogens with zero attached hydrogens (tertiary/aromatic N) is 2. The molecule has 0 saturated carbocycles. The number of fused-ring (bicyclic) bond motifs is 5. The molecule has 8 heteroatoms. The molecule has 1 saturated heterocycles. The maximum atomic E-state index is 13.8. The van der Waals surface area contributed by atoms with E-state index in [9.17, 15) is 14.4 Å². The van der Waals surface area contributed by atoms with Crippen LogP contribution < -0.4 is 10.2 Å². The molecule has 1 aromatic heterocycles. The van der Waals surface area contributed by atoms with Gasteiger partial charge in [0.15, 0.2) is 5.54 Å². The molecule has 1 atom stereocenters. The Kier molecular flexibility index (Phi) is 4.96. The first-order chi connectivity index (χ1) is 16.9. The fourth-order valence-electron chi connectivity index (χ4n) is 5.15. The third-order valence-electron chi connectivity index (χ3n) is 6.94. The lowest BCUT2D eigenvalue weighted by Crippen LogP contribution is -2.49. The van der Waals surface area contributed by atoms with Gasteiger partial charge in [-0.15, -0.1) is 0 Å². The van der Waals surface area contributed by atoms with Crippen LogP contribution in [0.3, 0.4) is 0 Å². The molecule has 0 aliphatic carbocycles. The molecule has 0 bridgehead atoms. The summed E-state index contributed by atoms with van der Waals surface area (Å²) in [5, 5.41) is 3.96. The highest BCUT2D eigenvalue weighted by atomic mass is 127. The van der Waals surface area contributed by atoms with E-state index in [0.29, 0.717) is 29.9 Å². The van der Waals surface area contributed by atoms with E-state index in [1.165, 1.54) is 4.90 Å². The molecule has 6 rings (SSSR count). The summed E-state index contributed by atoms with van der Waals surface area (Å²) >= 11 is 2.19. The molecule has 4 amide bonds. The molecule has 35 heavy (non-hydrogen) atoms. The fourth-order valence-corrected chi connectivity index (χ4v) is 5.69. The van der Waals surface area contributed by atoms with Gasteiger partial charge in [0.05, 0.1) is 11.4 Å². The Morgan fingerprint density at radius 1 is 1.03 bits per heavy atom. The predicted molar refractivity (Wildman–Crippen MR) is 142 cm³/mol. The lowest BCUT2D eigenvalue weighted by atomic mass is 9.87. The van der Waals surface area contributed by atoms with Crippen molar-refractivity contribution in [1.29, 1.82) is 0 Å². The first kappa shape index (κ1) is 21.8. The number of anilines is 2. The van der Waals surface area contributed by atoms with Gasteiger partial charge in [-0.2, -0.15) is 0 Å². The Hall–Kier alpha value is -3.66. The van der Waals surface area contributed by atoms with Gasteiger partial charge in [0, 0.05) is 32.3 Å². The number of carbonyl (C=O) groups excluding carboxylic acids is 3. The monoisotopic (exact) mass is 576 g/mol. The first-order valence-corrected chi connectivity index (χ1v) is 12.4. The largest absolute Gasteiger partial charge is 0.356 e. The number of H-pyrrole nitrogens is 1. The number of hydrogen-bond donors (Lipinski definition) is 2. The van der Waals surface area contributed by atoms with Gasteiger partial charge in [0.1, 0.15) is 0 Å². The number of nitrogens with one attached hydrogen (secondary N) is 2. The molecule has 2 aliphatic heterocycles. The Balaban J connectivity index is 1.31. The molecule has 3 aromatic carbocycles. The second-order valence-corrected chi connectivity index (χ2v) is 10.2. The van der Waals surface area contributed by atoms with Crippen LogP contribution in [0.2, 0.25) is 0 Å². The van der Waals surface area contributed by atoms with Gasteiger partial charge in [-0.25, -0.2) is 9.69 Å². The van der Waals surface area contributed by atoms with E-state index < -0.39 is 5.54 Å². The molecular formula is C27H21IN4O3. The Bertz CT molecular complexity index is 1530. The normalized spacial score (nSPS) is 19.1. The van der Waals surface area contributed by atoms with E-state index in [4.69, 9.17) is 0 Å². The minimum atomic E-state index is -1.11. The zero-order chi connectivity index (χ0) is 24.3. The predicted octanol–water partition coefficient (Wildman–Crippen LogP) is 5.26. The van der Waals surface area contributed by atoms with Gasteiger partial charge in [-0.3, -0.25) is 9.59 Å². The number of amides is 4. The maximum Gasteiger partial charge on any atom is 0.332 e. The smallest absolute Gasteiger partial charge is 0.332 e. The lowest BCUT2D eigenvalue weighted by molar-refractivity contribution is -0.125. The van der Waals surface area contributed by atoms with Crippen molar-refractivity contribution in [3.05, 3.63) is 93.2 Å². The highest BCUT2D eigenvalue weighted by Crippen LogP contribution is 2.45. The number of aromatic amines is 1. The van der Waals surface area contributed by atoms with Crippen LogP contribution in [0.25, 0.3) is 10.9 Å². The van der Waals surface area contributed by atoms with Crippen LogP contribution >= 0.6 is 22.6 Å². The van der Waals surface area contributed by atoms with Crippen LogP contribution in [0.4, 0.5) is 16.2 Å². The van der Waals surface area contributed by atoms with Crippen molar-refractivity contribution in [3.63, 3.8) is 0 Å². The van der Waals surface area contributed by atoms with Crippen LogP contribution in [0, 0.1) is 3.57 Å². The van der Waals surface area contributed by atoms with Gasteiger partial charge >= 0.3 is 6.03 Å². The second-order valence-electron chi connectivity index (χ2n) is 8.93. The summed E-state index contributed by atoms with van der Waals surface area (Å²) in [4.78, 5) is 46.1. The average molecular weight is 576 g/mol.